The second-order valence-electron chi connectivity index (χ2n) is 9.54. The highest BCUT2D eigenvalue weighted by Crippen LogP contribution is 2.34. The fraction of sp³-hybridized carbons (Fsp3) is 0.480. The van der Waals surface area contributed by atoms with Gasteiger partial charge in [-0.3, -0.25) is 4.79 Å². The molecule has 0 spiro atoms. The van der Waals surface area contributed by atoms with Crippen molar-refractivity contribution in [1.29, 1.82) is 0 Å². The first-order valence-corrected chi connectivity index (χ1v) is 14.0. The van der Waals surface area contributed by atoms with Gasteiger partial charge in [-0.25, -0.2) is 27.0 Å². The molecule has 37 heavy (non-hydrogen) atoms. The molecular weight excluding hydrogens is 506 g/mol. The average molecular weight is 537 g/mol. The summed E-state index contributed by atoms with van der Waals surface area (Å²) >= 11 is 0. The predicted octanol–water partition coefficient (Wildman–Crippen LogP) is 2.97. The number of nitrogens with zero attached hydrogens (tertiary/aromatic N) is 4. The Labute approximate surface area is 214 Å². The van der Waals surface area contributed by atoms with E-state index in [4.69, 9.17) is 0 Å². The number of sulfone groups is 1. The van der Waals surface area contributed by atoms with Gasteiger partial charge in [-0.2, -0.15) is 0 Å². The van der Waals surface area contributed by atoms with Crippen LogP contribution in [0.4, 0.5) is 19.4 Å². The molecule has 2 aromatic rings. The highest BCUT2D eigenvalue weighted by atomic mass is 32.2. The Balaban J connectivity index is 1.46. The molecule has 0 unspecified atom stereocenters. The Bertz CT molecular complexity index is 1270. The number of carboxylic acid groups (broad SMARTS) is 1. The summed E-state index contributed by atoms with van der Waals surface area (Å²) in [5, 5.41) is 9.71. The van der Waals surface area contributed by atoms with Crippen LogP contribution in [0.5, 0.6) is 0 Å². The van der Waals surface area contributed by atoms with E-state index in [1.807, 2.05) is 4.90 Å². The lowest BCUT2D eigenvalue weighted by atomic mass is 9.93. The largest absolute Gasteiger partial charge is 0.465 e. The number of hydrogen-bond donors (Lipinski definition) is 1. The van der Waals surface area contributed by atoms with Crippen molar-refractivity contribution in [3.05, 3.63) is 53.7 Å². The molecule has 9 nitrogen and oxygen atoms in total. The summed E-state index contributed by atoms with van der Waals surface area (Å²) in [5.41, 5.74) is 0.456. The molecule has 2 atom stereocenters. The second kappa shape index (κ2) is 10.6. The lowest BCUT2D eigenvalue weighted by Gasteiger charge is -2.34. The van der Waals surface area contributed by atoms with Crippen LogP contribution in [-0.2, 0) is 14.6 Å². The molecule has 0 saturated carbocycles. The number of benzene rings is 1. The number of likely N-dealkylation sites (N-methyl/N-ethyl adjacent to an activating group) is 1. The summed E-state index contributed by atoms with van der Waals surface area (Å²) in [4.78, 5) is 34.6. The van der Waals surface area contributed by atoms with Gasteiger partial charge in [-0.05, 0) is 49.6 Å². The number of hydrogen-bond acceptors (Lipinski definition) is 6. The van der Waals surface area contributed by atoms with Crippen LogP contribution in [0.2, 0.25) is 0 Å². The first kappa shape index (κ1) is 26.8. The zero-order valence-corrected chi connectivity index (χ0v) is 21.5. The van der Waals surface area contributed by atoms with Crippen molar-refractivity contribution in [3.8, 4) is 0 Å². The Kier molecular flexibility index (Phi) is 7.67. The number of carbonyl (C=O) groups is 2. The molecule has 2 fully saturated rings. The minimum Gasteiger partial charge on any atom is -0.465 e. The zero-order chi connectivity index (χ0) is 26.9. The van der Waals surface area contributed by atoms with Gasteiger partial charge in [0.05, 0.1) is 10.9 Å². The molecule has 1 N–H and O–H groups in total. The lowest BCUT2D eigenvalue weighted by Crippen LogP contribution is -2.45. The van der Waals surface area contributed by atoms with E-state index in [9.17, 15) is 31.9 Å². The van der Waals surface area contributed by atoms with E-state index in [2.05, 4.69) is 4.98 Å². The quantitative estimate of drug-likeness (QED) is 0.604. The van der Waals surface area contributed by atoms with E-state index in [-0.39, 0.29) is 36.4 Å². The minimum absolute atomic E-state index is 0.0865. The molecule has 0 bridgehead atoms. The van der Waals surface area contributed by atoms with Gasteiger partial charge in [-0.1, -0.05) is 6.07 Å². The molecule has 2 saturated heterocycles. The van der Waals surface area contributed by atoms with Crippen molar-refractivity contribution in [2.24, 2.45) is 5.92 Å². The highest BCUT2D eigenvalue weighted by molar-refractivity contribution is 7.90. The van der Waals surface area contributed by atoms with E-state index < -0.39 is 39.5 Å². The molecule has 2 aliphatic heterocycles. The lowest BCUT2D eigenvalue weighted by molar-refractivity contribution is -0.135. The molecule has 4 rings (SSSR count). The molecular formula is C25H30F2N4O5S. The van der Waals surface area contributed by atoms with Crippen LogP contribution in [0.1, 0.15) is 31.2 Å². The number of anilines is 1. The fourth-order valence-electron chi connectivity index (χ4n) is 5.26. The Morgan fingerprint density at radius 2 is 1.81 bits per heavy atom. The molecule has 1 aromatic heterocycles. The number of halogens is 2. The van der Waals surface area contributed by atoms with Gasteiger partial charge in [0.1, 0.15) is 5.82 Å². The summed E-state index contributed by atoms with van der Waals surface area (Å²) in [6.45, 7) is 3.41. The molecule has 0 radical (unpaired) electrons. The summed E-state index contributed by atoms with van der Waals surface area (Å²) < 4.78 is 50.8. The standard InChI is InChI=1S/C25H30F2N4O5S/c1-3-31(25(33)34)22-15-30(14-19(22)17-4-6-20(26)21(27)12-17)24(32)16-8-10-29(11-9-16)23-7-5-18(13-28-23)37(2,35)36/h4-7,12-13,16,19,22H,3,8-11,14-15H2,1-2H3,(H,33,34)/t19-,22+/m0/s1. The van der Waals surface area contributed by atoms with Crippen molar-refractivity contribution in [3.63, 3.8) is 0 Å². The molecule has 0 aliphatic carbocycles. The van der Waals surface area contributed by atoms with Gasteiger partial charge in [0.15, 0.2) is 21.5 Å². The molecule has 12 heteroatoms. The van der Waals surface area contributed by atoms with E-state index in [0.29, 0.717) is 37.3 Å². The number of carbonyl (C=O) groups excluding carboxylic acids is 1. The van der Waals surface area contributed by atoms with Crippen molar-refractivity contribution in [1.82, 2.24) is 14.8 Å². The Morgan fingerprint density at radius 3 is 2.35 bits per heavy atom. The summed E-state index contributed by atoms with van der Waals surface area (Å²) in [6.07, 6.45) is 2.44. The maximum Gasteiger partial charge on any atom is 0.407 e. The number of aromatic nitrogens is 1. The first-order valence-electron chi connectivity index (χ1n) is 12.1. The van der Waals surface area contributed by atoms with Gasteiger partial charge in [0.25, 0.3) is 0 Å². The first-order chi connectivity index (χ1) is 17.5. The van der Waals surface area contributed by atoms with Crippen molar-refractivity contribution < 1.29 is 31.9 Å². The number of pyridine rings is 1. The van der Waals surface area contributed by atoms with Gasteiger partial charge in [0, 0.05) is 57.0 Å². The van der Waals surface area contributed by atoms with Crippen LogP contribution < -0.4 is 4.90 Å². The number of amides is 2. The zero-order valence-electron chi connectivity index (χ0n) is 20.7. The van der Waals surface area contributed by atoms with Crippen LogP contribution in [0.25, 0.3) is 0 Å². The second-order valence-corrected chi connectivity index (χ2v) is 11.6. The molecule has 2 aliphatic rings. The van der Waals surface area contributed by atoms with E-state index >= 15 is 0 Å². The molecule has 3 heterocycles. The van der Waals surface area contributed by atoms with Crippen LogP contribution >= 0.6 is 0 Å². The smallest absolute Gasteiger partial charge is 0.407 e. The third-order valence-electron chi connectivity index (χ3n) is 7.28. The summed E-state index contributed by atoms with van der Waals surface area (Å²) in [7, 11) is -3.34. The summed E-state index contributed by atoms with van der Waals surface area (Å²) in [5.74, 6) is -2.19. The third kappa shape index (κ3) is 5.68. The van der Waals surface area contributed by atoms with Crippen molar-refractivity contribution >= 4 is 27.7 Å². The maximum atomic E-state index is 14.0. The van der Waals surface area contributed by atoms with E-state index in [0.717, 1.165) is 18.4 Å². The minimum atomic E-state index is -3.34. The van der Waals surface area contributed by atoms with Crippen molar-refractivity contribution in [2.45, 2.75) is 36.6 Å². The SMILES string of the molecule is CCN(C(=O)O)[C@@H]1CN(C(=O)C2CCN(c3ccc(S(C)(=O)=O)cn3)CC2)C[C@H]1c1ccc(F)c(F)c1. The monoisotopic (exact) mass is 536 g/mol. The van der Waals surface area contributed by atoms with Gasteiger partial charge in [-0.15, -0.1) is 0 Å². The third-order valence-corrected chi connectivity index (χ3v) is 8.37. The van der Waals surface area contributed by atoms with Crippen LogP contribution in [0.15, 0.2) is 41.4 Å². The maximum absolute atomic E-state index is 14.0. The highest BCUT2D eigenvalue weighted by Gasteiger charge is 2.43. The topological polar surface area (TPSA) is 111 Å². The Morgan fingerprint density at radius 1 is 1.11 bits per heavy atom. The van der Waals surface area contributed by atoms with E-state index in [1.165, 1.54) is 23.2 Å². The predicted molar refractivity (Wildman–Crippen MR) is 132 cm³/mol. The van der Waals surface area contributed by atoms with Gasteiger partial charge >= 0.3 is 6.09 Å². The number of piperidine rings is 1. The van der Waals surface area contributed by atoms with Gasteiger partial charge < -0.3 is 19.8 Å². The normalized spacial score (nSPS) is 20.8. The summed E-state index contributed by atoms with van der Waals surface area (Å²) in [6, 6.07) is 6.14. The number of rotatable bonds is 6. The van der Waals surface area contributed by atoms with Crippen LogP contribution in [0, 0.1) is 17.6 Å². The van der Waals surface area contributed by atoms with Crippen LogP contribution in [0.3, 0.4) is 0 Å². The molecule has 1 aromatic carbocycles. The number of likely N-dealkylation sites (tertiary alicyclic amines) is 1. The molecule has 200 valence electrons. The van der Waals surface area contributed by atoms with E-state index in [1.54, 1.807) is 17.9 Å². The van der Waals surface area contributed by atoms with Crippen LogP contribution in [-0.4, -0.2) is 85.3 Å². The average Bonchev–Trinajstić information content (AvgIpc) is 3.30. The molecule has 2 amide bonds. The van der Waals surface area contributed by atoms with Crippen molar-refractivity contribution in [2.75, 3.05) is 43.9 Å². The fourth-order valence-corrected chi connectivity index (χ4v) is 5.82. The Hall–Kier alpha value is -3.28. The van der Waals surface area contributed by atoms with Gasteiger partial charge in [0.2, 0.25) is 5.91 Å².